The van der Waals surface area contributed by atoms with Gasteiger partial charge in [0.05, 0.1) is 12.7 Å². The van der Waals surface area contributed by atoms with Crippen LogP contribution in [0.3, 0.4) is 0 Å². The van der Waals surface area contributed by atoms with Crippen LogP contribution in [0.4, 0.5) is 0 Å². The van der Waals surface area contributed by atoms with Gasteiger partial charge >= 0.3 is 0 Å². The molecule has 3 atom stereocenters. The zero-order valence-corrected chi connectivity index (χ0v) is 15.4. The molecule has 3 aliphatic rings. The third-order valence-corrected chi connectivity index (χ3v) is 6.13. The van der Waals surface area contributed by atoms with E-state index >= 15 is 0 Å². The monoisotopic (exact) mass is 337 g/mol. The van der Waals surface area contributed by atoms with E-state index in [0.29, 0.717) is 30.3 Å². The molecule has 5 nitrogen and oxygen atoms in total. The van der Waals surface area contributed by atoms with Gasteiger partial charge in [0.1, 0.15) is 0 Å². The van der Waals surface area contributed by atoms with Crippen molar-refractivity contribution in [2.24, 2.45) is 29.4 Å². The van der Waals surface area contributed by atoms with Gasteiger partial charge in [-0.2, -0.15) is 0 Å². The van der Waals surface area contributed by atoms with E-state index in [2.05, 4.69) is 24.1 Å². The third-order valence-electron chi connectivity index (χ3n) is 6.13. The third kappa shape index (κ3) is 4.50. The molecular weight excluding hydrogens is 302 g/mol. The van der Waals surface area contributed by atoms with Gasteiger partial charge in [-0.05, 0) is 43.4 Å². The number of rotatable bonds is 5. The summed E-state index contributed by atoms with van der Waals surface area (Å²) in [7, 11) is 0. The summed E-state index contributed by atoms with van der Waals surface area (Å²) in [5.74, 6) is 2.17. The number of ether oxygens (including phenoxy) is 1. The van der Waals surface area contributed by atoms with E-state index in [1.54, 1.807) is 0 Å². The van der Waals surface area contributed by atoms with E-state index in [9.17, 15) is 4.79 Å². The molecule has 3 unspecified atom stereocenters. The van der Waals surface area contributed by atoms with E-state index in [1.807, 2.05) is 0 Å². The van der Waals surface area contributed by atoms with Gasteiger partial charge in [0.15, 0.2) is 0 Å². The molecule has 0 spiro atoms. The minimum Gasteiger partial charge on any atom is -0.374 e. The molecule has 3 rings (SSSR count). The van der Waals surface area contributed by atoms with Crippen LogP contribution in [-0.4, -0.2) is 55.7 Å². The number of nitrogens with zero attached hydrogens (tertiary/aromatic N) is 1. The van der Waals surface area contributed by atoms with Crippen molar-refractivity contribution in [2.75, 3.05) is 32.8 Å². The van der Waals surface area contributed by atoms with Crippen molar-refractivity contribution in [2.45, 2.75) is 58.1 Å². The fraction of sp³-hybridized carbons (Fsp3) is 0.947. The number of hydrogen-bond donors (Lipinski definition) is 2. The first-order chi connectivity index (χ1) is 11.5. The van der Waals surface area contributed by atoms with Crippen molar-refractivity contribution in [3.63, 3.8) is 0 Å². The van der Waals surface area contributed by atoms with Gasteiger partial charge in [0.2, 0.25) is 5.91 Å². The van der Waals surface area contributed by atoms with Gasteiger partial charge in [-0.25, -0.2) is 0 Å². The summed E-state index contributed by atoms with van der Waals surface area (Å²) in [5, 5.41) is 3.17. The number of carbonyl (C=O) groups is 1. The maximum absolute atomic E-state index is 12.6. The lowest BCUT2D eigenvalue weighted by Gasteiger charge is -2.43. The average molecular weight is 338 g/mol. The molecule has 3 fully saturated rings. The Morgan fingerprint density at radius 1 is 1.29 bits per heavy atom. The Morgan fingerprint density at radius 2 is 2.00 bits per heavy atom. The number of fused-ring (bicyclic) bond motifs is 2. The molecule has 3 N–H and O–H groups in total. The van der Waals surface area contributed by atoms with Crippen LogP contribution in [0.25, 0.3) is 0 Å². The highest BCUT2D eigenvalue weighted by atomic mass is 16.5. The number of nitrogens with one attached hydrogen (secondary N) is 1. The second-order valence-corrected chi connectivity index (χ2v) is 8.59. The zero-order valence-electron chi connectivity index (χ0n) is 15.4. The van der Waals surface area contributed by atoms with Gasteiger partial charge in [-0.3, -0.25) is 9.69 Å². The van der Waals surface area contributed by atoms with Crippen LogP contribution in [0.2, 0.25) is 0 Å². The number of nitrogens with two attached hydrogens (primary N) is 1. The van der Waals surface area contributed by atoms with Crippen LogP contribution in [-0.2, 0) is 9.53 Å². The van der Waals surface area contributed by atoms with Crippen LogP contribution in [0.5, 0.6) is 0 Å². The maximum Gasteiger partial charge on any atom is 0.223 e. The highest BCUT2D eigenvalue weighted by molar-refractivity contribution is 5.78. The first-order valence-corrected chi connectivity index (χ1v) is 9.90. The molecule has 0 radical (unpaired) electrons. The van der Waals surface area contributed by atoms with Gasteiger partial charge < -0.3 is 15.8 Å². The van der Waals surface area contributed by atoms with Crippen LogP contribution in [0.15, 0.2) is 0 Å². The van der Waals surface area contributed by atoms with E-state index in [1.165, 1.54) is 19.3 Å². The van der Waals surface area contributed by atoms with E-state index in [0.717, 1.165) is 39.1 Å². The molecule has 2 bridgehead atoms. The van der Waals surface area contributed by atoms with Gasteiger partial charge in [-0.15, -0.1) is 0 Å². The summed E-state index contributed by atoms with van der Waals surface area (Å²) >= 11 is 0. The number of amides is 1. The number of carbonyl (C=O) groups excluding carboxylic acids is 1. The van der Waals surface area contributed by atoms with Gasteiger partial charge in [-0.1, -0.05) is 20.3 Å². The molecule has 0 aromatic rings. The highest BCUT2D eigenvalue weighted by Crippen LogP contribution is 2.41. The van der Waals surface area contributed by atoms with Crippen molar-refractivity contribution < 1.29 is 9.53 Å². The van der Waals surface area contributed by atoms with Crippen LogP contribution in [0.1, 0.15) is 46.0 Å². The Labute approximate surface area is 146 Å². The first kappa shape index (κ1) is 18.2. The highest BCUT2D eigenvalue weighted by Gasteiger charge is 2.40. The van der Waals surface area contributed by atoms with Crippen molar-refractivity contribution in [3.05, 3.63) is 0 Å². The first-order valence-electron chi connectivity index (χ1n) is 9.90. The Hall–Kier alpha value is -0.650. The fourth-order valence-corrected chi connectivity index (χ4v) is 4.95. The summed E-state index contributed by atoms with van der Waals surface area (Å²) < 4.78 is 5.84. The summed E-state index contributed by atoms with van der Waals surface area (Å²) in [6.45, 7) is 8.96. The normalized spacial score (nSPS) is 37.4. The molecule has 24 heavy (non-hydrogen) atoms. The van der Waals surface area contributed by atoms with Crippen LogP contribution >= 0.6 is 0 Å². The van der Waals surface area contributed by atoms with E-state index < -0.39 is 0 Å². The Morgan fingerprint density at radius 3 is 2.67 bits per heavy atom. The van der Waals surface area contributed by atoms with E-state index in [-0.39, 0.29) is 17.9 Å². The van der Waals surface area contributed by atoms with Crippen molar-refractivity contribution in [1.82, 2.24) is 10.2 Å². The van der Waals surface area contributed by atoms with Crippen molar-refractivity contribution >= 4 is 5.91 Å². The van der Waals surface area contributed by atoms with E-state index in [4.69, 9.17) is 10.5 Å². The average Bonchev–Trinajstić information content (AvgIpc) is 2.52. The Kier molecular flexibility index (Phi) is 6.17. The minimum absolute atomic E-state index is 0.131. The molecule has 1 saturated heterocycles. The molecule has 1 amide bonds. The minimum atomic E-state index is 0.131. The molecule has 0 aromatic heterocycles. The largest absolute Gasteiger partial charge is 0.374 e. The Balaban J connectivity index is 1.44. The fourth-order valence-electron chi connectivity index (χ4n) is 4.95. The summed E-state index contributed by atoms with van der Waals surface area (Å²) in [6.07, 6.45) is 5.79. The SMILES string of the molecule is CC(C)CN1CCOC(CNC(=O)C2CC3CCCC(C2)C3N)C1. The van der Waals surface area contributed by atoms with Crippen LogP contribution < -0.4 is 11.1 Å². The topological polar surface area (TPSA) is 67.6 Å². The lowest BCUT2D eigenvalue weighted by atomic mass is 9.65. The number of morpholine rings is 1. The molecule has 2 aliphatic carbocycles. The van der Waals surface area contributed by atoms with Crippen LogP contribution in [0, 0.1) is 23.7 Å². The maximum atomic E-state index is 12.6. The summed E-state index contributed by atoms with van der Waals surface area (Å²) in [6, 6.07) is 0.328. The molecule has 2 saturated carbocycles. The summed E-state index contributed by atoms with van der Waals surface area (Å²) in [5.41, 5.74) is 6.34. The molecule has 1 heterocycles. The predicted molar refractivity (Wildman–Crippen MR) is 95.6 cm³/mol. The van der Waals surface area contributed by atoms with Crippen molar-refractivity contribution in [3.8, 4) is 0 Å². The quantitative estimate of drug-likeness (QED) is 0.800. The predicted octanol–water partition coefficient (Wildman–Crippen LogP) is 1.61. The lowest BCUT2D eigenvalue weighted by molar-refractivity contribution is -0.129. The Bertz CT molecular complexity index is 415. The molecule has 138 valence electrons. The van der Waals surface area contributed by atoms with Gasteiger partial charge in [0.25, 0.3) is 0 Å². The zero-order chi connectivity index (χ0) is 17.1. The molecule has 5 heteroatoms. The van der Waals surface area contributed by atoms with Gasteiger partial charge in [0, 0.05) is 38.1 Å². The van der Waals surface area contributed by atoms with Crippen molar-refractivity contribution in [1.29, 1.82) is 0 Å². The summed E-state index contributed by atoms with van der Waals surface area (Å²) in [4.78, 5) is 15.1. The lowest BCUT2D eigenvalue weighted by Crippen LogP contribution is -2.51. The molecule has 0 aromatic carbocycles. The molecule has 1 aliphatic heterocycles. The smallest absolute Gasteiger partial charge is 0.223 e. The number of hydrogen-bond acceptors (Lipinski definition) is 4. The standard InChI is InChI=1S/C19H35N3O2/c1-13(2)11-22-6-7-24-17(12-22)10-21-19(23)16-8-14-4-3-5-15(9-16)18(14)20/h13-18H,3-12,20H2,1-2H3,(H,21,23). The molecular formula is C19H35N3O2. The second kappa shape index (κ2) is 8.15. The second-order valence-electron chi connectivity index (χ2n) is 8.59.